The highest BCUT2D eigenvalue weighted by Gasteiger charge is 2.04. The lowest BCUT2D eigenvalue weighted by molar-refractivity contribution is 0.606. The second kappa shape index (κ2) is 5.00. The number of rotatable bonds is 4. The molecule has 1 heteroatoms. The predicted molar refractivity (Wildman–Crippen MR) is 54.4 cm³/mol. The predicted octanol–water partition coefficient (Wildman–Crippen LogP) is 3.73. The van der Waals surface area contributed by atoms with Crippen LogP contribution in [-0.2, 0) is 12.8 Å². The first-order chi connectivity index (χ1) is 6.29. The summed E-state index contributed by atoms with van der Waals surface area (Å²) in [6.45, 7) is 4.17. The third kappa shape index (κ3) is 2.55. The van der Waals surface area contributed by atoms with Gasteiger partial charge in [-0.3, -0.25) is 0 Å². The van der Waals surface area contributed by atoms with Crippen molar-refractivity contribution < 1.29 is 4.39 Å². The first-order valence-corrected chi connectivity index (χ1v) is 5.05. The molecule has 0 heterocycles. The largest absolute Gasteiger partial charge is 0.207 e. The van der Waals surface area contributed by atoms with Crippen molar-refractivity contribution in [2.24, 2.45) is 0 Å². The monoisotopic (exact) mass is 180 g/mol. The normalized spacial score (nSPS) is 10.4. The molecule has 0 aliphatic heterocycles. The molecule has 0 saturated heterocycles. The van der Waals surface area contributed by atoms with Crippen LogP contribution >= 0.6 is 0 Å². The van der Waals surface area contributed by atoms with Crippen molar-refractivity contribution in [2.75, 3.05) is 0 Å². The Bertz CT molecular complexity index is 266. The molecular formula is C12H17F. The Morgan fingerprint density at radius 3 is 2.62 bits per heavy atom. The number of hydrogen-bond donors (Lipinski definition) is 0. The summed E-state index contributed by atoms with van der Waals surface area (Å²) in [5, 5.41) is 0. The fraction of sp³-hybridized carbons (Fsp3) is 0.500. The van der Waals surface area contributed by atoms with E-state index in [1.165, 1.54) is 12.0 Å². The van der Waals surface area contributed by atoms with Gasteiger partial charge in [0, 0.05) is 0 Å². The van der Waals surface area contributed by atoms with Gasteiger partial charge < -0.3 is 0 Å². The molecule has 0 atom stereocenters. The van der Waals surface area contributed by atoms with Gasteiger partial charge in [0.2, 0.25) is 0 Å². The Kier molecular flexibility index (Phi) is 3.94. The second-order valence-electron chi connectivity index (χ2n) is 3.33. The number of aryl methyl sites for hydroxylation is 1. The smallest absolute Gasteiger partial charge is 0.126 e. The lowest BCUT2D eigenvalue weighted by Crippen LogP contribution is -1.96. The van der Waals surface area contributed by atoms with Gasteiger partial charge in [-0.15, -0.1) is 0 Å². The summed E-state index contributed by atoms with van der Waals surface area (Å²) in [5.74, 6) is -0.0453. The molecule has 1 rings (SSSR count). The molecule has 0 unspecified atom stereocenters. The zero-order valence-corrected chi connectivity index (χ0v) is 8.44. The molecular weight excluding hydrogens is 163 g/mol. The molecule has 0 spiro atoms. The molecule has 0 bridgehead atoms. The zero-order valence-electron chi connectivity index (χ0n) is 8.44. The Labute approximate surface area is 79.8 Å². The third-order valence-electron chi connectivity index (χ3n) is 2.37. The van der Waals surface area contributed by atoms with Crippen molar-refractivity contribution in [1.29, 1.82) is 0 Å². The van der Waals surface area contributed by atoms with E-state index < -0.39 is 0 Å². The van der Waals surface area contributed by atoms with E-state index >= 15 is 0 Å². The quantitative estimate of drug-likeness (QED) is 0.662. The first kappa shape index (κ1) is 10.2. The number of unbranched alkanes of at least 4 members (excludes halogenated alkanes) is 1. The van der Waals surface area contributed by atoms with E-state index in [0.29, 0.717) is 0 Å². The van der Waals surface area contributed by atoms with Crippen LogP contribution < -0.4 is 0 Å². The topological polar surface area (TPSA) is 0 Å². The molecule has 0 aliphatic rings. The van der Waals surface area contributed by atoms with Gasteiger partial charge in [-0.1, -0.05) is 32.4 Å². The Morgan fingerprint density at radius 2 is 2.00 bits per heavy atom. The van der Waals surface area contributed by atoms with Gasteiger partial charge in [0.1, 0.15) is 5.82 Å². The van der Waals surface area contributed by atoms with E-state index in [-0.39, 0.29) is 5.82 Å². The van der Waals surface area contributed by atoms with E-state index in [4.69, 9.17) is 0 Å². The van der Waals surface area contributed by atoms with Crippen molar-refractivity contribution in [1.82, 2.24) is 0 Å². The highest BCUT2D eigenvalue weighted by molar-refractivity contribution is 5.28. The van der Waals surface area contributed by atoms with E-state index in [1.54, 1.807) is 12.1 Å². The summed E-state index contributed by atoms with van der Waals surface area (Å²) in [5.41, 5.74) is 2.08. The Morgan fingerprint density at radius 1 is 1.23 bits per heavy atom. The number of benzene rings is 1. The van der Waals surface area contributed by atoms with Crippen molar-refractivity contribution in [2.45, 2.75) is 39.5 Å². The third-order valence-corrected chi connectivity index (χ3v) is 2.37. The fourth-order valence-corrected chi connectivity index (χ4v) is 1.60. The van der Waals surface area contributed by atoms with Gasteiger partial charge in [0.25, 0.3) is 0 Å². The van der Waals surface area contributed by atoms with Crippen LogP contribution in [0.1, 0.15) is 37.8 Å². The molecule has 0 aliphatic carbocycles. The van der Waals surface area contributed by atoms with Gasteiger partial charge >= 0.3 is 0 Å². The molecule has 1 aromatic carbocycles. The average Bonchev–Trinajstić information content (AvgIpc) is 2.15. The summed E-state index contributed by atoms with van der Waals surface area (Å²) in [6.07, 6.45) is 4.12. The summed E-state index contributed by atoms with van der Waals surface area (Å²) in [4.78, 5) is 0. The minimum Gasteiger partial charge on any atom is -0.207 e. The summed E-state index contributed by atoms with van der Waals surface area (Å²) in [7, 11) is 0. The lowest BCUT2D eigenvalue weighted by Gasteiger charge is -2.07. The first-order valence-electron chi connectivity index (χ1n) is 5.05. The minimum absolute atomic E-state index is 0.0453. The van der Waals surface area contributed by atoms with E-state index in [9.17, 15) is 4.39 Å². The molecule has 0 radical (unpaired) electrons. The van der Waals surface area contributed by atoms with E-state index in [0.717, 1.165) is 24.8 Å². The van der Waals surface area contributed by atoms with Crippen LogP contribution in [0.2, 0.25) is 0 Å². The van der Waals surface area contributed by atoms with Crippen LogP contribution in [0.5, 0.6) is 0 Å². The molecule has 0 saturated carbocycles. The van der Waals surface area contributed by atoms with Crippen LogP contribution in [0.15, 0.2) is 18.2 Å². The van der Waals surface area contributed by atoms with E-state index in [1.807, 2.05) is 13.0 Å². The standard InChI is InChI=1S/C12H17F/c1-3-5-7-10-8-6-9-12(13)11(10)4-2/h6,8-9H,3-5,7H2,1-2H3. The van der Waals surface area contributed by atoms with Gasteiger partial charge in [-0.2, -0.15) is 0 Å². The van der Waals surface area contributed by atoms with Crippen molar-refractivity contribution in [3.63, 3.8) is 0 Å². The fourth-order valence-electron chi connectivity index (χ4n) is 1.60. The Hall–Kier alpha value is -0.850. The summed E-state index contributed by atoms with van der Waals surface area (Å²) in [6, 6.07) is 5.39. The minimum atomic E-state index is -0.0453. The molecule has 0 aromatic heterocycles. The molecule has 0 amide bonds. The van der Waals surface area contributed by atoms with Crippen molar-refractivity contribution >= 4 is 0 Å². The molecule has 1 aromatic rings. The molecule has 0 N–H and O–H groups in total. The van der Waals surface area contributed by atoms with Crippen molar-refractivity contribution in [3.05, 3.63) is 35.1 Å². The van der Waals surface area contributed by atoms with Gasteiger partial charge in [-0.05, 0) is 36.5 Å². The van der Waals surface area contributed by atoms with Crippen LogP contribution in [0.25, 0.3) is 0 Å². The number of hydrogen-bond acceptors (Lipinski definition) is 0. The second-order valence-corrected chi connectivity index (χ2v) is 3.33. The molecule has 0 fully saturated rings. The van der Waals surface area contributed by atoms with Crippen LogP contribution in [0.4, 0.5) is 4.39 Å². The summed E-state index contributed by atoms with van der Waals surface area (Å²) >= 11 is 0. The van der Waals surface area contributed by atoms with Gasteiger partial charge in [-0.25, -0.2) is 4.39 Å². The highest BCUT2D eigenvalue weighted by Crippen LogP contribution is 2.16. The maximum Gasteiger partial charge on any atom is 0.126 e. The maximum atomic E-state index is 13.3. The SMILES string of the molecule is CCCCc1cccc(F)c1CC. The van der Waals surface area contributed by atoms with Gasteiger partial charge in [0.05, 0.1) is 0 Å². The zero-order chi connectivity index (χ0) is 9.68. The van der Waals surface area contributed by atoms with Gasteiger partial charge in [0.15, 0.2) is 0 Å². The van der Waals surface area contributed by atoms with Crippen LogP contribution in [-0.4, -0.2) is 0 Å². The lowest BCUT2D eigenvalue weighted by atomic mass is 10.00. The molecule has 0 nitrogen and oxygen atoms in total. The van der Waals surface area contributed by atoms with Crippen LogP contribution in [0, 0.1) is 5.82 Å². The Balaban J connectivity index is 2.85. The summed E-state index contributed by atoms with van der Waals surface area (Å²) < 4.78 is 13.3. The molecule has 13 heavy (non-hydrogen) atoms. The van der Waals surface area contributed by atoms with Crippen molar-refractivity contribution in [3.8, 4) is 0 Å². The highest BCUT2D eigenvalue weighted by atomic mass is 19.1. The number of halogens is 1. The van der Waals surface area contributed by atoms with E-state index in [2.05, 4.69) is 6.92 Å². The molecule has 72 valence electrons. The maximum absolute atomic E-state index is 13.3. The van der Waals surface area contributed by atoms with Crippen LogP contribution in [0.3, 0.4) is 0 Å². The average molecular weight is 180 g/mol.